The summed E-state index contributed by atoms with van der Waals surface area (Å²) < 4.78 is 49.3. The second-order valence-corrected chi connectivity index (χ2v) is 8.07. The Morgan fingerprint density at radius 2 is 1.88 bits per heavy atom. The van der Waals surface area contributed by atoms with Crippen molar-refractivity contribution in [3.05, 3.63) is 41.5 Å². The van der Waals surface area contributed by atoms with E-state index in [1.54, 1.807) is 39.8 Å². The molecule has 1 heterocycles. The Balaban J connectivity index is 2.17. The van der Waals surface area contributed by atoms with Crippen LogP contribution in [-0.2, 0) is 16.0 Å². The van der Waals surface area contributed by atoms with Crippen LogP contribution in [0.4, 0.5) is 18.9 Å². The number of ether oxygens (including phenoxy) is 2. The Morgan fingerprint density at radius 1 is 1.19 bits per heavy atom. The summed E-state index contributed by atoms with van der Waals surface area (Å²) in [5.41, 5.74) is 1.13. The number of carboxylic acids is 1. The average Bonchev–Trinajstić information content (AvgIpc) is 2.67. The number of alkyl halides is 3. The SMILES string of the molecule is CCN1C(=O)C(C)(C)Oc2cc(C)c(-c3cc(CCC(=O)O)ccc3OC(F)(F)F)cc21. The van der Waals surface area contributed by atoms with Crippen molar-refractivity contribution < 1.29 is 37.3 Å². The number of rotatable bonds is 6. The Morgan fingerprint density at radius 3 is 2.47 bits per heavy atom. The topological polar surface area (TPSA) is 76.1 Å². The van der Waals surface area contributed by atoms with Gasteiger partial charge in [0, 0.05) is 18.5 Å². The first-order valence-corrected chi connectivity index (χ1v) is 10.1. The quantitative estimate of drug-likeness (QED) is 0.661. The zero-order valence-electron chi connectivity index (χ0n) is 18.2. The Kier molecular flexibility index (Phi) is 6.13. The lowest BCUT2D eigenvalue weighted by atomic mass is 9.94. The van der Waals surface area contributed by atoms with Gasteiger partial charge in [-0.05, 0) is 75.1 Å². The molecule has 0 radical (unpaired) electrons. The van der Waals surface area contributed by atoms with Gasteiger partial charge in [0.05, 0.1) is 5.69 Å². The standard InChI is InChI=1S/C23H24F3NO5/c1-5-27-17-12-15(13(2)10-19(17)31-22(3,4)21(27)30)16-11-14(7-9-20(28)29)6-8-18(16)32-23(24,25)26/h6,8,10-12H,5,7,9H2,1-4H3,(H,28,29). The highest BCUT2D eigenvalue weighted by molar-refractivity contribution is 6.03. The zero-order chi connectivity index (χ0) is 23.8. The van der Waals surface area contributed by atoms with Gasteiger partial charge in [-0.1, -0.05) is 6.07 Å². The molecule has 9 heteroatoms. The van der Waals surface area contributed by atoms with E-state index in [1.165, 1.54) is 23.1 Å². The summed E-state index contributed by atoms with van der Waals surface area (Å²) in [6, 6.07) is 7.38. The van der Waals surface area contributed by atoms with Gasteiger partial charge in [0.25, 0.3) is 5.91 Å². The summed E-state index contributed by atoms with van der Waals surface area (Å²) in [4.78, 5) is 25.3. The number of aliphatic carboxylic acids is 1. The van der Waals surface area contributed by atoms with E-state index in [0.717, 1.165) is 0 Å². The van der Waals surface area contributed by atoms with Gasteiger partial charge in [0.15, 0.2) is 5.60 Å². The molecule has 0 fully saturated rings. The maximum absolute atomic E-state index is 13.0. The van der Waals surface area contributed by atoms with Gasteiger partial charge in [-0.25, -0.2) is 0 Å². The van der Waals surface area contributed by atoms with E-state index < -0.39 is 23.7 Å². The molecule has 0 atom stereocenters. The Hall–Kier alpha value is -3.23. The molecular formula is C23H24F3NO5. The van der Waals surface area contributed by atoms with Crippen molar-refractivity contribution in [3.63, 3.8) is 0 Å². The summed E-state index contributed by atoms with van der Waals surface area (Å²) in [7, 11) is 0. The third-order valence-electron chi connectivity index (χ3n) is 5.23. The van der Waals surface area contributed by atoms with Crippen molar-refractivity contribution in [1.82, 2.24) is 0 Å². The number of hydrogen-bond donors (Lipinski definition) is 1. The van der Waals surface area contributed by atoms with Gasteiger partial charge in [0.2, 0.25) is 0 Å². The zero-order valence-corrected chi connectivity index (χ0v) is 18.2. The number of amides is 1. The minimum atomic E-state index is -4.90. The smallest absolute Gasteiger partial charge is 0.481 e. The number of fused-ring (bicyclic) bond motifs is 1. The molecule has 0 saturated carbocycles. The number of halogens is 3. The minimum absolute atomic E-state index is 0.148. The molecule has 0 aliphatic carbocycles. The predicted octanol–water partition coefficient (Wildman–Crippen LogP) is 5.10. The summed E-state index contributed by atoms with van der Waals surface area (Å²) in [6.07, 6.45) is -4.92. The fourth-order valence-corrected chi connectivity index (χ4v) is 3.73. The molecule has 0 unspecified atom stereocenters. The monoisotopic (exact) mass is 451 g/mol. The molecule has 0 bridgehead atoms. The molecule has 0 saturated heterocycles. The first-order chi connectivity index (χ1) is 14.8. The molecule has 1 aliphatic rings. The average molecular weight is 451 g/mol. The Bertz CT molecular complexity index is 1060. The molecule has 2 aromatic carbocycles. The van der Waals surface area contributed by atoms with Gasteiger partial charge in [0.1, 0.15) is 11.5 Å². The fraction of sp³-hybridized carbons (Fsp3) is 0.391. The molecule has 3 rings (SSSR count). The highest BCUT2D eigenvalue weighted by atomic mass is 19.4. The first-order valence-electron chi connectivity index (χ1n) is 10.1. The number of carbonyl (C=O) groups excluding carboxylic acids is 1. The predicted molar refractivity (Wildman–Crippen MR) is 112 cm³/mol. The van der Waals surface area contributed by atoms with Gasteiger partial charge in [-0.2, -0.15) is 0 Å². The molecule has 1 N–H and O–H groups in total. The largest absolute Gasteiger partial charge is 0.573 e. The molecule has 172 valence electrons. The van der Waals surface area contributed by atoms with E-state index in [-0.39, 0.29) is 24.3 Å². The van der Waals surface area contributed by atoms with Crippen LogP contribution >= 0.6 is 0 Å². The van der Waals surface area contributed by atoms with Crippen molar-refractivity contribution in [1.29, 1.82) is 0 Å². The molecule has 1 aliphatic heterocycles. The number of anilines is 1. The second kappa shape index (κ2) is 8.37. The van der Waals surface area contributed by atoms with Gasteiger partial charge < -0.3 is 19.5 Å². The molecule has 32 heavy (non-hydrogen) atoms. The molecule has 0 aromatic heterocycles. The molecular weight excluding hydrogens is 427 g/mol. The van der Waals surface area contributed by atoms with E-state index in [1.807, 2.05) is 0 Å². The van der Waals surface area contributed by atoms with Crippen LogP contribution in [0.5, 0.6) is 11.5 Å². The third-order valence-corrected chi connectivity index (χ3v) is 5.23. The third kappa shape index (κ3) is 4.81. The summed E-state index contributed by atoms with van der Waals surface area (Å²) >= 11 is 0. The number of nitrogens with zero attached hydrogens (tertiary/aromatic N) is 1. The number of aryl methyl sites for hydroxylation is 2. The van der Waals surface area contributed by atoms with E-state index >= 15 is 0 Å². The lowest BCUT2D eigenvalue weighted by Gasteiger charge is -2.39. The highest BCUT2D eigenvalue weighted by Crippen LogP contribution is 2.44. The normalized spacial score (nSPS) is 15.2. The summed E-state index contributed by atoms with van der Waals surface area (Å²) in [6.45, 7) is 7.19. The summed E-state index contributed by atoms with van der Waals surface area (Å²) in [5, 5.41) is 8.94. The van der Waals surface area contributed by atoms with Crippen LogP contribution in [0.2, 0.25) is 0 Å². The second-order valence-electron chi connectivity index (χ2n) is 8.07. The van der Waals surface area contributed by atoms with Gasteiger partial charge >= 0.3 is 12.3 Å². The van der Waals surface area contributed by atoms with Crippen LogP contribution in [-0.4, -0.2) is 35.5 Å². The van der Waals surface area contributed by atoms with E-state index in [9.17, 15) is 22.8 Å². The van der Waals surface area contributed by atoms with Crippen LogP contribution in [0.1, 0.15) is 38.3 Å². The molecule has 2 aromatic rings. The van der Waals surface area contributed by atoms with E-state index in [2.05, 4.69) is 4.74 Å². The fourth-order valence-electron chi connectivity index (χ4n) is 3.73. The van der Waals surface area contributed by atoms with Crippen molar-refractivity contribution in [2.24, 2.45) is 0 Å². The molecule has 1 amide bonds. The molecule has 6 nitrogen and oxygen atoms in total. The van der Waals surface area contributed by atoms with Crippen LogP contribution in [0.25, 0.3) is 11.1 Å². The van der Waals surface area contributed by atoms with Crippen molar-refractivity contribution in [2.45, 2.75) is 52.5 Å². The minimum Gasteiger partial charge on any atom is -0.481 e. The number of hydrogen-bond acceptors (Lipinski definition) is 4. The van der Waals surface area contributed by atoms with Crippen LogP contribution in [0.15, 0.2) is 30.3 Å². The number of likely N-dealkylation sites (N-methyl/N-ethyl adjacent to an activating group) is 1. The van der Waals surface area contributed by atoms with Crippen molar-refractivity contribution in [3.8, 4) is 22.6 Å². The number of carboxylic acid groups (broad SMARTS) is 1. The van der Waals surface area contributed by atoms with Gasteiger partial charge in [-0.15, -0.1) is 13.2 Å². The summed E-state index contributed by atoms with van der Waals surface area (Å²) in [5.74, 6) is -1.22. The maximum Gasteiger partial charge on any atom is 0.573 e. The van der Waals surface area contributed by atoms with E-state index in [0.29, 0.717) is 34.7 Å². The number of carbonyl (C=O) groups is 2. The highest BCUT2D eigenvalue weighted by Gasteiger charge is 2.41. The number of benzene rings is 2. The lowest BCUT2D eigenvalue weighted by Crippen LogP contribution is -2.52. The molecule has 0 spiro atoms. The van der Waals surface area contributed by atoms with Crippen LogP contribution < -0.4 is 14.4 Å². The van der Waals surface area contributed by atoms with Gasteiger partial charge in [-0.3, -0.25) is 9.59 Å². The van der Waals surface area contributed by atoms with E-state index in [4.69, 9.17) is 9.84 Å². The first kappa shape index (κ1) is 23.4. The lowest BCUT2D eigenvalue weighted by molar-refractivity contribution is -0.274. The maximum atomic E-state index is 13.0. The van der Waals surface area contributed by atoms with Crippen LogP contribution in [0.3, 0.4) is 0 Å². The Labute approximate surface area is 183 Å². The van der Waals surface area contributed by atoms with Crippen molar-refractivity contribution >= 4 is 17.6 Å². The van der Waals surface area contributed by atoms with Crippen LogP contribution in [0, 0.1) is 6.92 Å². The van der Waals surface area contributed by atoms with Crippen molar-refractivity contribution in [2.75, 3.05) is 11.4 Å².